The lowest BCUT2D eigenvalue weighted by atomic mass is 10.1. The second kappa shape index (κ2) is 8.75. The molecule has 1 aromatic heterocycles. The maximum absolute atomic E-state index is 11.6. The van der Waals surface area contributed by atoms with E-state index in [1.807, 2.05) is 61.6 Å². The molecule has 1 heterocycles. The third-order valence-corrected chi connectivity index (χ3v) is 4.41. The first-order valence-electron chi connectivity index (χ1n) is 8.65. The largest absolute Gasteiger partial charge is 0.414 e. The average Bonchev–Trinajstić information content (AvgIpc) is 3.01. The van der Waals surface area contributed by atoms with E-state index in [0.29, 0.717) is 35.9 Å². The number of nitrogens with one attached hydrogen (secondary N) is 1. The van der Waals surface area contributed by atoms with Crippen LogP contribution in [0.3, 0.4) is 0 Å². The molecule has 0 bridgehead atoms. The van der Waals surface area contributed by atoms with Crippen molar-refractivity contribution in [1.29, 1.82) is 0 Å². The highest BCUT2D eigenvalue weighted by molar-refractivity contribution is 7.71. The van der Waals surface area contributed by atoms with Crippen LogP contribution in [0.25, 0.3) is 0 Å². The molecule has 2 aromatic carbocycles. The summed E-state index contributed by atoms with van der Waals surface area (Å²) in [6.45, 7) is 1.23. The first-order valence-corrected chi connectivity index (χ1v) is 9.06. The number of rotatable bonds is 7. The fourth-order valence-corrected chi connectivity index (χ4v) is 2.97. The summed E-state index contributed by atoms with van der Waals surface area (Å²) in [5.41, 5.74) is 2.88. The molecule has 1 N–H and O–H groups in total. The fourth-order valence-electron chi connectivity index (χ4n) is 2.78. The maximum Gasteiger partial charge on any atom is 0.288 e. The molecule has 1 amide bonds. The van der Waals surface area contributed by atoms with Gasteiger partial charge >= 0.3 is 0 Å². The van der Waals surface area contributed by atoms with Gasteiger partial charge in [-0.2, -0.15) is 0 Å². The molecular formula is C20H22N4O2S. The van der Waals surface area contributed by atoms with Crippen molar-refractivity contribution in [1.82, 2.24) is 20.0 Å². The van der Waals surface area contributed by atoms with Crippen molar-refractivity contribution in [2.45, 2.75) is 19.6 Å². The lowest BCUT2D eigenvalue weighted by molar-refractivity contribution is 0.0963. The van der Waals surface area contributed by atoms with Gasteiger partial charge in [-0.25, -0.2) is 4.68 Å². The van der Waals surface area contributed by atoms with Crippen LogP contribution in [0, 0.1) is 4.84 Å². The van der Waals surface area contributed by atoms with Crippen molar-refractivity contribution in [2.75, 3.05) is 14.1 Å². The van der Waals surface area contributed by atoms with Gasteiger partial charge in [-0.1, -0.05) is 42.5 Å². The molecule has 140 valence electrons. The molecular weight excluding hydrogens is 360 g/mol. The fraction of sp³-hybridized carbons (Fsp3) is 0.250. The van der Waals surface area contributed by atoms with Gasteiger partial charge in [0.25, 0.3) is 10.7 Å². The standard InChI is InChI=1S/C20H22N4O2S/c1-21-19(25)17-10-8-16(9-11-17)13-23(2)14-24-20(27)26-18(22-24)12-15-6-4-3-5-7-15/h3-11H,12-14H2,1-2H3,(H,21,25). The lowest BCUT2D eigenvalue weighted by Gasteiger charge is -2.16. The highest BCUT2D eigenvalue weighted by atomic mass is 32.1. The number of carbonyl (C=O) groups excluding carboxylic acids is 1. The summed E-state index contributed by atoms with van der Waals surface area (Å²) < 4.78 is 7.31. The Morgan fingerprint density at radius 1 is 1.15 bits per heavy atom. The van der Waals surface area contributed by atoms with Gasteiger partial charge in [0.2, 0.25) is 5.89 Å². The highest BCUT2D eigenvalue weighted by Gasteiger charge is 2.10. The summed E-state index contributed by atoms with van der Waals surface area (Å²) in [7, 11) is 3.61. The van der Waals surface area contributed by atoms with E-state index in [-0.39, 0.29) is 5.91 Å². The molecule has 0 spiro atoms. The van der Waals surface area contributed by atoms with E-state index in [9.17, 15) is 4.79 Å². The SMILES string of the molecule is CNC(=O)c1ccc(CN(C)Cn2nc(Cc3ccccc3)oc2=S)cc1. The average molecular weight is 382 g/mol. The van der Waals surface area contributed by atoms with E-state index in [1.165, 1.54) is 0 Å². The van der Waals surface area contributed by atoms with Crippen molar-refractivity contribution in [3.63, 3.8) is 0 Å². The molecule has 7 heteroatoms. The zero-order chi connectivity index (χ0) is 19.2. The number of aromatic nitrogens is 2. The number of carbonyl (C=O) groups is 1. The number of nitrogens with zero attached hydrogens (tertiary/aromatic N) is 3. The summed E-state index contributed by atoms with van der Waals surface area (Å²) in [5, 5.41) is 7.10. The van der Waals surface area contributed by atoms with Crippen LogP contribution in [-0.2, 0) is 19.6 Å². The van der Waals surface area contributed by atoms with E-state index in [1.54, 1.807) is 11.7 Å². The van der Waals surface area contributed by atoms with Crippen LogP contribution >= 0.6 is 12.2 Å². The minimum atomic E-state index is -0.0882. The number of hydrogen-bond acceptors (Lipinski definition) is 5. The van der Waals surface area contributed by atoms with Crippen molar-refractivity contribution < 1.29 is 9.21 Å². The highest BCUT2D eigenvalue weighted by Crippen LogP contribution is 2.11. The van der Waals surface area contributed by atoms with Gasteiger partial charge in [0.15, 0.2) is 0 Å². The number of amides is 1. The summed E-state index contributed by atoms with van der Waals surface area (Å²) in [4.78, 5) is 14.1. The third-order valence-electron chi connectivity index (χ3n) is 4.12. The van der Waals surface area contributed by atoms with Gasteiger partial charge in [-0.3, -0.25) is 9.69 Å². The van der Waals surface area contributed by atoms with Crippen molar-refractivity contribution in [3.05, 3.63) is 82.0 Å². The number of hydrogen-bond donors (Lipinski definition) is 1. The van der Waals surface area contributed by atoms with Crippen LogP contribution < -0.4 is 5.32 Å². The summed E-state index contributed by atoms with van der Waals surface area (Å²) in [6, 6.07) is 17.6. The Hall–Kier alpha value is -2.77. The molecule has 0 aliphatic carbocycles. The van der Waals surface area contributed by atoms with Gasteiger partial charge in [0, 0.05) is 19.2 Å². The molecule has 0 atom stereocenters. The van der Waals surface area contributed by atoms with E-state index < -0.39 is 0 Å². The minimum absolute atomic E-state index is 0.0882. The predicted octanol–water partition coefficient (Wildman–Crippen LogP) is 3.25. The van der Waals surface area contributed by atoms with Crippen LogP contribution in [-0.4, -0.2) is 34.7 Å². The van der Waals surface area contributed by atoms with Gasteiger partial charge in [-0.05, 0) is 42.5 Å². The van der Waals surface area contributed by atoms with Crippen molar-refractivity contribution >= 4 is 18.1 Å². The van der Waals surface area contributed by atoms with Gasteiger partial charge in [0.1, 0.15) is 0 Å². The van der Waals surface area contributed by atoms with Crippen LogP contribution in [0.5, 0.6) is 0 Å². The molecule has 0 unspecified atom stereocenters. The summed E-state index contributed by atoms with van der Waals surface area (Å²) >= 11 is 5.29. The van der Waals surface area contributed by atoms with Crippen LogP contribution in [0.15, 0.2) is 59.0 Å². The molecule has 0 saturated heterocycles. The third kappa shape index (κ3) is 5.12. The van der Waals surface area contributed by atoms with Gasteiger partial charge < -0.3 is 9.73 Å². The topological polar surface area (TPSA) is 63.3 Å². The summed E-state index contributed by atoms with van der Waals surface area (Å²) in [5.74, 6) is 0.518. The normalized spacial score (nSPS) is 10.9. The quantitative estimate of drug-likeness (QED) is 0.636. The minimum Gasteiger partial charge on any atom is -0.414 e. The molecule has 0 aliphatic heterocycles. The second-order valence-corrected chi connectivity index (χ2v) is 6.70. The Morgan fingerprint density at radius 2 is 1.85 bits per heavy atom. The number of benzene rings is 2. The lowest BCUT2D eigenvalue weighted by Crippen LogP contribution is -2.22. The van der Waals surface area contributed by atoms with E-state index in [4.69, 9.17) is 16.6 Å². The molecule has 0 fully saturated rings. The Bertz CT molecular complexity index is 948. The van der Waals surface area contributed by atoms with Crippen LogP contribution in [0.1, 0.15) is 27.4 Å². The Morgan fingerprint density at radius 3 is 2.52 bits per heavy atom. The zero-order valence-corrected chi connectivity index (χ0v) is 16.2. The van der Waals surface area contributed by atoms with Crippen LogP contribution in [0.4, 0.5) is 0 Å². The zero-order valence-electron chi connectivity index (χ0n) is 15.4. The molecule has 3 rings (SSSR count). The molecule has 27 heavy (non-hydrogen) atoms. The molecule has 6 nitrogen and oxygen atoms in total. The molecule has 0 aliphatic rings. The smallest absolute Gasteiger partial charge is 0.288 e. The Balaban J connectivity index is 1.61. The van der Waals surface area contributed by atoms with E-state index in [2.05, 4.69) is 15.3 Å². The van der Waals surface area contributed by atoms with E-state index >= 15 is 0 Å². The van der Waals surface area contributed by atoms with Crippen molar-refractivity contribution in [2.24, 2.45) is 0 Å². The van der Waals surface area contributed by atoms with Crippen LogP contribution in [0.2, 0.25) is 0 Å². The summed E-state index contributed by atoms with van der Waals surface area (Å²) in [6.07, 6.45) is 0.613. The predicted molar refractivity (Wildman–Crippen MR) is 106 cm³/mol. The maximum atomic E-state index is 11.6. The van der Waals surface area contributed by atoms with Gasteiger partial charge in [0.05, 0.1) is 13.1 Å². The van der Waals surface area contributed by atoms with E-state index in [0.717, 1.165) is 11.1 Å². The van der Waals surface area contributed by atoms with Gasteiger partial charge in [-0.15, -0.1) is 5.10 Å². The first-order chi connectivity index (χ1) is 13.0. The monoisotopic (exact) mass is 382 g/mol. The Labute approximate surface area is 163 Å². The molecule has 3 aromatic rings. The first kappa shape index (κ1) is 19.0. The molecule has 0 saturated carbocycles. The Kier molecular flexibility index (Phi) is 6.16. The molecule has 0 radical (unpaired) electrons. The van der Waals surface area contributed by atoms with Crippen molar-refractivity contribution in [3.8, 4) is 0 Å². The second-order valence-electron chi connectivity index (χ2n) is 6.36.